The van der Waals surface area contributed by atoms with Crippen molar-refractivity contribution in [3.05, 3.63) is 63.7 Å². The minimum atomic E-state index is -3.61. The molecule has 2 aromatic carbocycles. The van der Waals surface area contributed by atoms with Gasteiger partial charge in [-0.2, -0.15) is 0 Å². The summed E-state index contributed by atoms with van der Waals surface area (Å²) < 4.78 is 24.3. The highest BCUT2D eigenvalue weighted by molar-refractivity contribution is 7.91. The quantitative estimate of drug-likeness (QED) is 0.623. The Morgan fingerprint density at radius 2 is 1.83 bits per heavy atom. The zero-order valence-electron chi connectivity index (χ0n) is 12.3. The van der Waals surface area contributed by atoms with Gasteiger partial charge in [0.15, 0.2) is 9.84 Å². The Labute approximate surface area is 143 Å². The van der Waals surface area contributed by atoms with E-state index in [-0.39, 0.29) is 28.4 Å². The second-order valence-corrected chi connectivity index (χ2v) is 7.42. The molecule has 0 bridgehead atoms. The van der Waals surface area contributed by atoms with Crippen molar-refractivity contribution < 1.29 is 18.1 Å². The molecule has 7 nitrogen and oxygen atoms in total. The third-order valence-corrected chi connectivity index (χ3v) is 5.10. The number of halogens is 1. The van der Waals surface area contributed by atoms with Crippen LogP contribution in [0.25, 0.3) is 0 Å². The molecule has 9 heteroatoms. The molecule has 0 saturated heterocycles. The zero-order valence-corrected chi connectivity index (χ0v) is 13.9. The van der Waals surface area contributed by atoms with Gasteiger partial charge in [0.2, 0.25) is 5.91 Å². The van der Waals surface area contributed by atoms with Crippen molar-refractivity contribution in [3.8, 4) is 0 Å². The van der Waals surface area contributed by atoms with Crippen molar-refractivity contribution in [3.63, 3.8) is 0 Å². The van der Waals surface area contributed by atoms with E-state index < -0.39 is 20.7 Å². The smallest absolute Gasteiger partial charge is 0.271 e. The fraction of sp³-hybridized carbons (Fsp3) is 0.133. The highest BCUT2D eigenvalue weighted by Gasteiger charge is 2.17. The summed E-state index contributed by atoms with van der Waals surface area (Å²) in [5, 5.41) is 13.5. The van der Waals surface area contributed by atoms with Crippen LogP contribution in [0.1, 0.15) is 6.42 Å². The van der Waals surface area contributed by atoms with Crippen LogP contribution in [0.3, 0.4) is 0 Å². The molecular weight excluding hydrogens is 356 g/mol. The first-order valence-corrected chi connectivity index (χ1v) is 8.83. The molecule has 0 atom stereocenters. The number of hydrogen-bond donors (Lipinski definition) is 1. The molecule has 0 aromatic heterocycles. The zero-order chi connectivity index (χ0) is 17.7. The van der Waals surface area contributed by atoms with Gasteiger partial charge in [-0.15, -0.1) is 0 Å². The van der Waals surface area contributed by atoms with E-state index >= 15 is 0 Å². The van der Waals surface area contributed by atoms with Gasteiger partial charge in [-0.1, -0.05) is 17.7 Å². The topological polar surface area (TPSA) is 106 Å². The van der Waals surface area contributed by atoms with Crippen molar-refractivity contribution in [2.24, 2.45) is 0 Å². The summed E-state index contributed by atoms with van der Waals surface area (Å²) in [5.41, 5.74) is 0.0691. The number of non-ortho nitro benzene ring substituents is 1. The largest absolute Gasteiger partial charge is 0.326 e. The molecule has 0 spiro atoms. The summed E-state index contributed by atoms with van der Waals surface area (Å²) in [4.78, 5) is 22.0. The molecule has 24 heavy (non-hydrogen) atoms. The second kappa shape index (κ2) is 7.41. The van der Waals surface area contributed by atoms with E-state index in [1.807, 2.05) is 0 Å². The average Bonchev–Trinajstić information content (AvgIpc) is 2.54. The molecule has 1 amide bonds. The number of anilines is 1. The van der Waals surface area contributed by atoms with E-state index in [2.05, 4.69) is 5.32 Å². The van der Waals surface area contributed by atoms with Crippen molar-refractivity contribution in [2.75, 3.05) is 11.1 Å². The number of nitrogens with zero attached hydrogens (tertiary/aromatic N) is 1. The Bertz CT molecular complexity index is 866. The number of nitro groups is 1. The lowest BCUT2D eigenvalue weighted by atomic mass is 10.3. The normalized spacial score (nSPS) is 11.0. The molecule has 0 heterocycles. The number of hydrogen-bond acceptors (Lipinski definition) is 5. The molecule has 0 aliphatic carbocycles. The van der Waals surface area contributed by atoms with Crippen LogP contribution < -0.4 is 5.32 Å². The number of carbonyl (C=O) groups is 1. The first kappa shape index (κ1) is 17.9. The molecule has 0 aliphatic rings. The van der Waals surface area contributed by atoms with Crippen LogP contribution in [0.4, 0.5) is 11.4 Å². The van der Waals surface area contributed by atoms with Gasteiger partial charge in [0.05, 0.1) is 15.6 Å². The lowest BCUT2D eigenvalue weighted by molar-refractivity contribution is -0.384. The van der Waals surface area contributed by atoms with Crippen molar-refractivity contribution in [1.29, 1.82) is 0 Å². The summed E-state index contributed by atoms with van der Waals surface area (Å²) >= 11 is 5.71. The van der Waals surface area contributed by atoms with Crippen molar-refractivity contribution >= 4 is 38.7 Å². The molecule has 126 valence electrons. The lowest BCUT2D eigenvalue weighted by Crippen LogP contribution is -2.17. The van der Waals surface area contributed by atoms with E-state index in [0.717, 1.165) is 0 Å². The van der Waals surface area contributed by atoms with Gasteiger partial charge in [-0.25, -0.2) is 8.42 Å². The average molecular weight is 369 g/mol. The number of benzene rings is 2. The number of nitrogens with one attached hydrogen (secondary N) is 1. The van der Waals surface area contributed by atoms with E-state index in [1.54, 1.807) is 0 Å². The fourth-order valence-corrected chi connectivity index (χ4v) is 3.27. The summed E-state index contributed by atoms with van der Waals surface area (Å²) in [6.07, 6.45) is -0.270. The molecule has 2 aromatic rings. The minimum Gasteiger partial charge on any atom is -0.326 e. The number of nitro benzene ring substituents is 1. The summed E-state index contributed by atoms with van der Waals surface area (Å²) in [6, 6.07) is 11.1. The second-order valence-electron chi connectivity index (χ2n) is 4.88. The lowest BCUT2D eigenvalue weighted by Gasteiger charge is -2.06. The van der Waals surface area contributed by atoms with Crippen LogP contribution in [-0.4, -0.2) is 25.0 Å². The van der Waals surface area contributed by atoms with Crippen LogP contribution in [-0.2, 0) is 14.6 Å². The predicted octanol–water partition coefficient (Wildman–Crippen LogP) is 3.05. The maximum atomic E-state index is 12.1. The first-order chi connectivity index (χ1) is 11.3. The molecule has 0 radical (unpaired) electrons. The summed E-state index contributed by atoms with van der Waals surface area (Å²) in [7, 11) is -3.61. The van der Waals surface area contributed by atoms with Gasteiger partial charge in [0, 0.05) is 29.3 Å². The highest BCUT2D eigenvalue weighted by atomic mass is 35.5. The maximum absolute atomic E-state index is 12.1. The first-order valence-electron chi connectivity index (χ1n) is 6.80. The van der Waals surface area contributed by atoms with E-state index in [1.165, 1.54) is 48.5 Å². The number of sulfone groups is 1. The van der Waals surface area contributed by atoms with Crippen molar-refractivity contribution in [1.82, 2.24) is 0 Å². The molecule has 0 aliphatic heterocycles. The van der Waals surface area contributed by atoms with Gasteiger partial charge in [-0.05, 0) is 30.3 Å². The number of carbonyl (C=O) groups excluding carboxylic acids is 1. The van der Waals surface area contributed by atoms with E-state index in [0.29, 0.717) is 5.02 Å². The molecule has 1 N–H and O–H groups in total. The summed E-state index contributed by atoms with van der Waals surface area (Å²) in [6.45, 7) is 0. The SMILES string of the molecule is O=C(CCS(=O)(=O)c1ccc(Cl)cc1)Nc1cccc([N+](=O)[O-])c1. The van der Waals surface area contributed by atoms with E-state index in [4.69, 9.17) is 11.6 Å². The van der Waals surface area contributed by atoms with Gasteiger partial charge >= 0.3 is 0 Å². The Morgan fingerprint density at radius 1 is 1.17 bits per heavy atom. The molecular formula is C15H13ClN2O5S. The number of amides is 1. The standard InChI is InChI=1S/C15H13ClN2O5S/c16-11-4-6-14(7-5-11)24(22,23)9-8-15(19)17-12-2-1-3-13(10-12)18(20)21/h1-7,10H,8-9H2,(H,17,19). The minimum absolute atomic E-state index is 0.0787. The Balaban J connectivity index is 1.99. The molecule has 0 unspecified atom stereocenters. The number of rotatable bonds is 6. The Morgan fingerprint density at radius 3 is 2.46 bits per heavy atom. The highest BCUT2D eigenvalue weighted by Crippen LogP contribution is 2.18. The van der Waals surface area contributed by atoms with Crippen LogP contribution in [0.5, 0.6) is 0 Å². The Hall–Kier alpha value is -2.45. The van der Waals surface area contributed by atoms with Crippen LogP contribution in [0.2, 0.25) is 5.02 Å². The van der Waals surface area contributed by atoms with Crippen molar-refractivity contribution in [2.45, 2.75) is 11.3 Å². The Kier molecular flexibility index (Phi) is 5.53. The van der Waals surface area contributed by atoms with Gasteiger partial charge in [0.25, 0.3) is 5.69 Å². The predicted molar refractivity (Wildman–Crippen MR) is 89.8 cm³/mol. The van der Waals surface area contributed by atoms with Gasteiger partial charge in [-0.3, -0.25) is 14.9 Å². The van der Waals surface area contributed by atoms with E-state index in [9.17, 15) is 23.3 Å². The maximum Gasteiger partial charge on any atom is 0.271 e. The third-order valence-electron chi connectivity index (χ3n) is 3.11. The van der Waals surface area contributed by atoms with Gasteiger partial charge in [0.1, 0.15) is 0 Å². The van der Waals surface area contributed by atoms with Crippen LogP contribution in [0.15, 0.2) is 53.4 Å². The fourth-order valence-electron chi connectivity index (χ4n) is 1.91. The van der Waals surface area contributed by atoms with Crippen LogP contribution >= 0.6 is 11.6 Å². The van der Waals surface area contributed by atoms with Gasteiger partial charge < -0.3 is 5.32 Å². The third kappa shape index (κ3) is 4.77. The van der Waals surface area contributed by atoms with Crippen LogP contribution in [0, 0.1) is 10.1 Å². The molecule has 0 saturated carbocycles. The molecule has 0 fully saturated rings. The summed E-state index contributed by atoms with van der Waals surface area (Å²) in [5.74, 6) is -0.928. The monoisotopic (exact) mass is 368 g/mol. The molecule has 2 rings (SSSR count).